The van der Waals surface area contributed by atoms with Crippen LogP contribution in [0.3, 0.4) is 0 Å². The Morgan fingerprint density at radius 3 is 2.87 bits per heavy atom. The molecule has 3 unspecified atom stereocenters. The third-order valence-electron chi connectivity index (χ3n) is 4.87. The minimum atomic E-state index is 0.167. The molecule has 1 aliphatic heterocycles. The van der Waals surface area contributed by atoms with Crippen LogP contribution in [0.2, 0.25) is 0 Å². The van der Waals surface area contributed by atoms with Crippen molar-refractivity contribution < 1.29 is 0 Å². The van der Waals surface area contributed by atoms with E-state index >= 15 is 0 Å². The highest BCUT2D eigenvalue weighted by atomic mass is 15.1. The zero-order valence-electron chi connectivity index (χ0n) is 15.3. The molecule has 0 aromatic carbocycles. The van der Waals surface area contributed by atoms with Gasteiger partial charge in [-0.05, 0) is 70.0 Å². The maximum absolute atomic E-state index is 7.48. The molecule has 0 spiro atoms. The summed E-state index contributed by atoms with van der Waals surface area (Å²) in [6.07, 6.45) is 14.8. The van der Waals surface area contributed by atoms with Crippen LogP contribution in [0.25, 0.3) is 0 Å². The second-order valence-electron chi connectivity index (χ2n) is 6.88. The van der Waals surface area contributed by atoms with Gasteiger partial charge in [-0.1, -0.05) is 39.0 Å². The summed E-state index contributed by atoms with van der Waals surface area (Å²) in [6, 6.07) is 0. The van der Waals surface area contributed by atoms with Crippen LogP contribution in [0.15, 0.2) is 4.99 Å². The monoisotopic (exact) mass is 322 g/mol. The lowest BCUT2D eigenvalue weighted by molar-refractivity contribution is 0.313. The fourth-order valence-electron chi connectivity index (χ4n) is 3.43. The normalized spacial score (nSPS) is 23.0. The molecule has 0 bridgehead atoms. The van der Waals surface area contributed by atoms with Gasteiger partial charge in [-0.15, -0.1) is 0 Å². The molecule has 1 saturated heterocycles. The summed E-state index contributed by atoms with van der Waals surface area (Å²) >= 11 is 0. The molecular formula is C19H38N4. The summed E-state index contributed by atoms with van der Waals surface area (Å²) in [5, 5.41) is 14.8. The van der Waals surface area contributed by atoms with Crippen molar-refractivity contribution in [1.82, 2.24) is 10.6 Å². The van der Waals surface area contributed by atoms with Gasteiger partial charge in [0.25, 0.3) is 0 Å². The van der Waals surface area contributed by atoms with Crippen LogP contribution in [-0.2, 0) is 0 Å². The van der Waals surface area contributed by atoms with E-state index in [4.69, 9.17) is 5.41 Å². The van der Waals surface area contributed by atoms with Crippen molar-refractivity contribution in [1.29, 1.82) is 5.41 Å². The first-order valence-electron chi connectivity index (χ1n) is 9.72. The first kappa shape index (κ1) is 20.3. The van der Waals surface area contributed by atoms with Crippen molar-refractivity contribution in [3.05, 3.63) is 0 Å². The zero-order chi connectivity index (χ0) is 16.8. The maximum Gasteiger partial charge on any atom is 0.102 e. The minimum absolute atomic E-state index is 0.167. The number of hydrogen-bond donors (Lipinski definition) is 3. The fraction of sp³-hybridized carbons (Fsp3) is 0.895. The summed E-state index contributed by atoms with van der Waals surface area (Å²) in [5.74, 6) is 1.16. The molecule has 0 radical (unpaired) electrons. The Labute approximate surface area is 143 Å². The largest absolute Gasteiger partial charge is 0.316 e. The molecule has 1 fully saturated rings. The summed E-state index contributed by atoms with van der Waals surface area (Å²) in [4.78, 5) is 4.68. The molecule has 4 nitrogen and oxygen atoms in total. The van der Waals surface area contributed by atoms with Gasteiger partial charge in [0.15, 0.2) is 0 Å². The highest BCUT2D eigenvalue weighted by Crippen LogP contribution is 2.19. The lowest BCUT2D eigenvalue weighted by Gasteiger charge is -2.26. The predicted octanol–water partition coefficient (Wildman–Crippen LogP) is 4.01. The van der Waals surface area contributed by atoms with Crippen molar-refractivity contribution in [2.24, 2.45) is 16.8 Å². The van der Waals surface area contributed by atoms with E-state index in [0.717, 1.165) is 25.9 Å². The van der Waals surface area contributed by atoms with Crippen molar-refractivity contribution in [2.75, 3.05) is 19.6 Å². The average molecular weight is 323 g/mol. The van der Waals surface area contributed by atoms with E-state index in [1.807, 2.05) is 13.1 Å². The molecule has 3 N–H and O–H groups in total. The molecule has 23 heavy (non-hydrogen) atoms. The quantitative estimate of drug-likeness (QED) is 0.532. The molecule has 1 rings (SSSR count). The Morgan fingerprint density at radius 1 is 1.30 bits per heavy atom. The van der Waals surface area contributed by atoms with Gasteiger partial charge in [-0.25, -0.2) is 0 Å². The van der Waals surface area contributed by atoms with Crippen LogP contribution in [0.1, 0.15) is 71.6 Å². The number of rotatable bonds is 10. The molecule has 134 valence electrons. The molecule has 4 heteroatoms. The van der Waals surface area contributed by atoms with Crippen LogP contribution < -0.4 is 10.6 Å². The molecular weight excluding hydrogens is 284 g/mol. The molecule has 0 aliphatic carbocycles. The van der Waals surface area contributed by atoms with E-state index in [1.165, 1.54) is 51.5 Å². The first-order chi connectivity index (χ1) is 11.3. The van der Waals surface area contributed by atoms with Crippen molar-refractivity contribution in [2.45, 2.75) is 77.8 Å². The van der Waals surface area contributed by atoms with Gasteiger partial charge in [0, 0.05) is 6.54 Å². The van der Waals surface area contributed by atoms with E-state index in [-0.39, 0.29) is 6.17 Å². The molecule has 0 aromatic heterocycles. The fourth-order valence-corrected chi connectivity index (χ4v) is 3.43. The first-order valence-corrected chi connectivity index (χ1v) is 9.72. The highest BCUT2D eigenvalue weighted by molar-refractivity contribution is 5.55. The van der Waals surface area contributed by atoms with Gasteiger partial charge in [-0.3, -0.25) is 10.3 Å². The third-order valence-corrected chi connectivity index (χ3v) is 4.87. The molecule has 0 aromatic rings. The number of unbranched alkanes of at least 4 members (excludes halogenated alkanes) is 1. The van der Waals surface area contributed by atoms with Gasteiger partial charge in [0.1, 0.15) is 6.17 Å². The van der Waals surface area contributed by atoms with Gasteiger partial charge in [-0.2, -0.15) is 0 Å². The smallest absolute Gasteiger partial charge is 0.102 e. The number of aliphatic imine (C=N–C) groups is 1. The highest BCUT2D eigenvalue weighted by Gasteiger charge is 2.20. The number of nitrogens with one attached hydrogen (secondary N) is 3. The van der Waals surface area contributed by atoms with E-state index in [0.29, 0.717) is 11.8 Å². The second-order valence-corrected chi connectivity index (χ2v) is 6.88. The lowest BCUT2D eigenvalue weighted by Crippen LogP contribution is -2.40. The summed E-state index contributed by atoms with van der Waals surface area (Å²) < 4.78 is 0. The Balaban J connectivity index is 2.52. The Kier molecular flexibility index (Phi) is 12.1. The maximum atomic E-state index is 7.48. The lowest BCUT2D eigenvalue weighted by atomic mass is 9.94. The van der Waals surface area contributed by atoms with E-state index < -0.39 is 0 Å². The summed E-state index contributed by atoms with van der Waals surface area (Å²) in [5.41, 5.74) is 0. The van der Waals surface area contributed by atoms with Crippen LogP contribution in [-0.4, -0.2) is 38.2 Å². The molecule has 1 heterocycles. The minimum Gasteiger partial charge on any atom is -0.316 e. The topological polar surface area (TPSA) is 60.3 Å². The summed E-state index contributed by atoms with van der Waals surface area (Å²) in [7, 11) is 0. The van der Waals surface area contributed by atoms with Crippen LogP contribution >= 0.6 is 0 Å². The Morgan fingerprint density at radius 2 is 2.13 bits per heavy atom. The molecule has 0 saturated carbocycles. The van der Waals surface area contributed by atoms with Crippen molar-refractivity contribution in [3.63, 3.8) is 0 Å². The third kappa shape index (κ3) is 9.21. The predicted molar refractivity (Wildman–Crippen MR) is 102 cm³/mol. The van der Waals surface area contributed by atoms with E-state index in [2.05, 4.69) is 22.5 Å². The van der Waals surface area contributed by atoms with Crippen molar-refractivity contribution in [3.8, 4) is 0 Å². The van der Waals surface area contributed by atoms with Crippen molar-refractivity contribution >= 4 is 12.4 Å². The molecule has 0 amide bonds. The SMILES string of the molecule is CC=NC(NCC1CCCCCCNC1)C(CC=N)CCCC. The van der Waals surface area contributed by atoms with E-state index in [1.54, 1.807) is 6.21 Å². The summed E-state index contributed by atoms with van der Waals surface area (Å²) in [6.45, 7) is 7.56. The van der Waals surface area contributed by atoms with Gasteiger partial charge in [0.05, 0.1) is 0 Å². The standard InChI is InChI=1S/C19H38N4/c1-3-5-11-18(12-13-20)19(22-4-2)23-16-17-10-8-6-7-9-14-21-15-17/h4,13,17-21,23H,3,5-12,14-16H2,1-2H3. The molecule has 1 aliphatic rings. The van der Waals surface area contributed by atoms with Crippen LogP contribution in [0.4, 0.5) is 0 Å². The second kappa shape index (κ2) is 13.7. The van der Waals surface area contributed by atoms with Crippen LogP contribution in [0.5, 0.6) is 0 Å². The zero-order valence-corrected chi connectivity index (χ0v) is 15.3. The van der Waals surface area contributed by atoms with Gasteiger partial charge >= 0.3 is 0 Å². The Hall–Kier alpha value is -0.740. The Bertz CT molecular complexity index is 306. The number of nitrogens with zero attached hydrogens (tertiary/aromatic N) is 1. The molecule has 3 atom stereocenters. The van der Waals surface area contributed by atoms with Gasteiger partial charge in [0.2, 0.25) is 0 Å². The average Bonchev–Trinajstić information content (AvgIpc) is 2.69. The van der Waals surface area contributed by atoms with Gasteiger partial charge < -0.3 is 10.7 Å². The van der Waals surface area contributed by atoms with Crippen LogP contribution in [0, 0.1) is 17.2 Å². The van der Waals surface area contributed by atoms with E-state index in [9.17, 15) is 0 Å². The number of hydrogen-bond acceptors (Lipinski definition) is 4.